The molecule has 2 atom stereocenters. The molecule has 18 heavy (non-hydrogen) atoms. The molecule has 0 amide bonds. The highest BCUT2D eigenvalue weighted by atomic mass is 16.3. The predicted octanol–water partition coefficient (Wildman–Crippen LogP) is 4.49. The first-order valence-corrected chi connectivity index (χ1v) is 7.76. The van der Waals surface area contributed by atoms with Crippen molar-refractivity contribution in [1.29, 1.82) is 0 Å². The number of Topliss-reactive ketones (excluding diaryl/α,β-unsaturated/α-hetero) is 1. The van der Waals surface area contributed by atoms with Crippen LogP contribution in [0.2, 0.25) is 0 Å². The van der Waals surface area contributed by atoms with Gasteiger partial charge in [0.05, 0.1) is 6.10 Å². The van der Waals surface area contributed by atoms with Gasteiger partial charge in [0.2, 0.25) is 0 Å². The topological polar surface area (TPSA) is 37.3 Å². The molecule has 0 saturated heterocycles. The quantitative estimate of drug-likeness (QED) is 0.522. The third kappa shape index (κ3) is 10.8. The number of aliphatic hydroxyl groups excluding tert-OH is 1. The Balaban J connectivity index is 3.30. The number of rotatable bonds is 12. The van der Waals surface area contributed by atoms with Gasteiger partial charge in [0.1, 0.15) is 5.78 Å². The fraction of sp³-hybridized carbons (Fsp3) is 0.938. The second kappa shape index (κ2) is 11.7. The fourth-order valence-corrected chi connectivity index (χ4v) is 2.21. The molecule has 0 radical (unpaired) electrons. The summed E-state index contributed by atoms with van der Waals surface area (Å²) in [5.74, 6) is 0.194. The van der Waals surface area contributed by atoms with Gasteiger partial charge in [-0.25, -0.2) is 0 Å². The largest absolute Gasteiger partial charge is 0.393 e. The number of carbonyl (C=O) groups excluding carboxylic acids is 1. The predicted molar refractivity (Wildman–Crippen MR) is 77.7 cm³/mol. The highest BCUT2D eigenvalue weighted by Crippen LogP contribution is 2.14. The molecule has 0 aromatic carbocycles. The molecular formula is C16H32O2. The normalized spacial score (nSPS) is 14.4. The lowest BCUT2D eigenvalue weighted by Gasteiger charge is -2.13. The van der Waals surface area contributed by atoms with Crippen LogP contribution in [-0.4, -0.2) is 17.0 Å². The van der Waals surface area contributed by atoms with E-state index in [2.05, 4.69) is 6.92 Å². The van der Waals surface area contributed by atoms with Crippen molar-refractivity contribution in [1.82, 2.24) is 0 Å². The van der Waals surface area contributed by atoms with E-state index in [9.17, 15) is 9.90 Å². The Labute approximate surface area is 113 Å². The van der Waals surface area contributed by atoms with E-state index >= 15 is 0 Å². The lowest BCUT2D eigenvalue weighted by atomic mass is 9.96. The van der Waals surface area contributed by atoms with Crippen LogP contribution in [0.3, 0.4) is 0 Å². The van der Waals surface area contributed by atoms with E-state index in [1.807, 2.05) is 6.92 Å². The van der Waals surface area contributed by atoms with E-state index in [4.69, 9.17) is 0 Å². The molecule has 0 aromatic heterocycles. The van der Waals surface area contributed by atoms with Crippen LogP contribution in [0.25, 0.3) is 0 Å². The SMILES string of the molecule is CCCCCCCCCCC(O)CC(C)C(C)=O. The van der Waals surface area contributed by atoms with E-state index < -0.39 is 0 Å². The molecule has 2 heteroatoms. The molecular weight excluding hydrogens is 224 g/mol. The molecule has 0 saturated carbocycles. The Hall–Kier alpha value is -0.370. The first-order valence-electron chi connectivity index (χ1n) is 7.76. The van der Waals surface area contributed by atoms with E-state index in [-0.39, 0.29) is 17.8 Å². The van der Waals surface area contributed by atoms with Crippen LogP contribution in [-0.2, 0) is 4.79 Å². The van der Waals surface area contributed by atoms with Crippen molar-refractivity contribution in [3.05, 3.63) is 0 Å². The maximum absolute atomic E-state index is 11.1. The smallest absolute Gasteiger partial charge is 0.132 e. The molecule has 0 aromatic rings. The summed E-state index contributed by atoms with van der Waals surface area (Å²) < 4.78 is 0. The number of unbranched alkanes of at least 4 members (excludes halogenated alkanes) is 7. The average molecular weight is 256 g/mol. The number of aliphatic hydroxyl groups is 1. The van der Waals surface area contributed by atoms with Gasteiger partial charge in [0.15, 0.2) is 0 Å². The minimum Gasteiger partial charge on any atom is -0.393 e. The van der Waals surface area contributed by atoms with Crippen LogP contribution in [0.5, 0.6) is 0 Å². The van der Waals surface area contributed by atoms with Gasteiger partial charge >= 0.3 is 0 Å². The van der Waals surface area contributed by atoms with Gasteiger partial charge in [-0.2, -0.15) is 0 Å². The minimum absolute atomic E-state index is 0.00837. The summed E-state index contributed by atoms with van der Waals surface area (Å²) in [6.07, 6.45) is 11.5. The maximum Gasteiger partial charge on any atom is 0.132 e. The molecule has 2 nitrogen and oxygen atoms in total. The Morgan fingerprint density at radius 1 is 1.00 bits per heavy atom. The van der Waals surface area contributed by atoms with Crippen LogP contribution < -0.4 is 0 Å². The molecule has 1 N–H and O–H groups in total. The van der Waals surface area contributed by atoms with Crippen LogP contribution >= 0.6 is 0 Å². The number of hydrogen-bond donors (Lipinski definition) is 1. The van der Waals surface area contributed by atoms with Gasteiger partial charge in [-0.15, -0.1) is 0 Å². The molecule has 0 bridgehead atoms. The molecule has 0 aliphatic heterocycles. The Kier molecular flexibility index (Phi) is 11.5. The molecule has 108 valence electrons. The van der Waals surface area contributed by atoms with E-state index in [1.165, 1.54) is 44.9 Å². The lowest BCUT2D eigenvalue weighted by Crippen LogP contribution is -2.16. The average Bonchev–Trinajstić information content (AvgIpc) is 2.32. The number of ketones is 1. The third-order valence-corrected chi connectivity index (χ3v) is 3.71. The first-order chi connectivity index (χ1) is 8.57. The van der Waals surface area contributed by atoms with Crippen molar-refractivity contribution < 1.29 is 9.90 Å². The van der Waals surface area contributed by atoms with E-state index in [0.717, 1.165) is 12.8 Å². The third-order valence-electron chi connectivity index (χ3n) is 3.71. The Morgan fingerprint density at radius 2 is 1.50 bits per heavy atom. The maximum atomic E-state index is 11.1. The minimum atomic E-state index is -0.288. The van der Waals surface area contributed by atoms with Crippen molar-refractivity contribution in [3.8, 4) is 0 Å². The van der Waals surface area contributed by atoms with Gasteiger partial charge in [-0.05, 0) is 19.8 Å². The summed E-state index contributed by atoms with van der Waals surface area (Å²) >= 11 is 0. The van der Waals surface area contributed by atoms with Crippen molar-refractivity contribution in [3.63, 3.8) is 0 Å². The van der Waals surface area contributed by atoms with Crippen LogP contribution in [0.4, 0.5) is 0 Å². The summed E-state index contributed by atoms with van der Waals surface area (Å²) in [7, 11) is 0. The zero-order chi connectivity index (χ0) is 13.8. The van der Waals surface area contributed by atoms with Crippen molar-refractivity contribution in [2.24, 2.45) is 5.92 Å². The van der Waals surface area contributed by atoms with Gasteiger partial charge in [-0.3, -0.25) is 4.79 Å². The Bertz CT molecular complexity index is 201. The molecule has 0 heterocycles. The van der Waals surface area contributed by atoms with E-state index in [1.54, 1.807) is 6.92 Å². The second-order valence-electron chi connectivity index (χ2n) is 5.66. The summed E-state index contributed by atoms with van der Waals surface area (Å²) in [6, 6.07) is 0. The molecule has 0 spiro atoms. The standard InChI is InChI=1S/C16H32O2/c1-4-5-6-7-8-9-10-11-12-16(18)13-14(2)15(3)17/h14,16,18H,4-13H2,1-3H3. The first kappa shape index (κ1) is 17.6. The fourth-order valence-electron chi connectivity index (χ4n) is 2.21. The number of hydrogen-bond acceptors (Lipinski definition) is 2. The highest BCUT2D eigenvalue weighted by Gasteiger charge is 2.13. The second-order valence-corrected chi connectivity index (χ2v) is 5.66. The molecule has 0 aliphatic carbocycles. The summed E-state index contributed by atoms with van der Waals surface area (Å²) in [6.45, 7) is 5.75. The van der Waals surface area contributed by atoms with E-state index in [0.29, 0.717) is 6.42 Å². The van der Waals surface area contributed by atoms with Crippen molar-refractivity contribution in [2.75, 3.05) is 0 Å². The molecule has 0 fully saturated rings. The summed E-state index contributed by atoms with van der Waals surface area (Å²) in [5.41, 5.74) is 0. The summed E-state index contributed by atoms with van der Waals surface area (Å²) in [5, 5.41) is 9.79. The summed E-state index contributed by atoms with van der Waals surface area (Å²) in [4.78, 5) is 11.1. The van der Waals surface area contributed by atoms with Crippen LogP contribution in [0, 0.1) is 5.92 Å². The van der Waals surface area contributed by atoms with Gasteiger partial charge in [0, 0.05) is 5.92 Å². The van der Waals surface area contributed by atoms with Crippen LogP contribution in [0.1, 0.15) is 85.0 Å². The molecule has 2 unspecified atom stereocenters. The Morgan fingerprint density at radius 3 is 2.00 bits per heavy atom. The monoisotopic (exact) mass is 256 g/mol. The molecule has 0 aliphatic rings. The van der Waals surface area contributed by atoms with Crippen LogP contribution in [0.15, 0.2) is 0 Å². The number of carbonyl (C=O) groups is 1. The zero-order valence-corrected chi connectivity index (χ0v) is 12.6. The van der Waals surface area contributed by atoms with Crippen molar-refractivity contribution >= 4 is 5.78 Å². The molecule has 0 rings (SSSR count). The van der Waals surface area contributed by atoms with Gasteiger partial charge in [0.25, 0.3) is 0 Å². The highest BCUT2D eigenvalue weighted by molar-refractivity contribution is 5.77. The lowest BCUT2D eigenvalue weighted by molar-refractivity contribution is -0.121. The van der Waals surface area contributed by atoms with Crippen molar-refractivity contribution in [2.45, 2.75) is 91.1 Å². The zero-order valence-electron chi connectivity index (χ0n) is 12.6. The van der Waals surface area contributed by atoms with Gasteiger partial charge < -0.3 is 5.11 Å². The van der Waals surface area contributed by atoms with Gasteiger partial charge in [-0.1, -0.05) is 65.2 Å².